The highest BCUT2D eigenvalue weighted by Crippen LogP contribution is 2.18. The number of carboxylic acids is 1. The Morgan fingerprint density at radius 2 is 1.83 bits per heavy atom. The van der Waals surface area contributed by atoms with E-state index in [1.807, 2.05) is 0 Å². The summed E-state index contributed by atoms with van der Waals surface area (Å²) < 4.78 is 0. The number of rotatable bonds is 5. The van der Waals surface area contributed by atoms with Gasteiger partial charge in [-0.1, -0.05) is 12.1 Å². The standard InChI is InChI=1S/C16H14N2O5/c1-10-8-12(16(20)21)4-7-14(10)17-15(19)9-11-2-5-13(6-3-11)18(22)23/h2-8H,9H2,1H3,(H,17,19)(H,20,21). The molecule has 7 heteroatoms. The smallest absolute Gasteiger partial charge is 0.335 e. The molecule has 0 heterocycles. The average Bonchev–Trinajstić information content (AvgIpc) is 2.49. The summed E-state index contributed by atoms with van der Waals surface area (Å²) in [6.07, 6.45) is 0.0676. The number of amides is 1. The molecule has 23 heavy (non-hydrogen) atoms. The van der Waals surface area contributed by atoms with Gasteiger partial charge in [0.1, 0.15) is 0 Å². The molecule has 0 aliphatic heterocycles. The molecular formula is C16H14N2O5. The van der Waals surface area contributed by atoms with E-state index >= 15 is 0 Å². The third-order valence-corrected chi connectivity index (χ3v) is 3.26. The molecular weight excluding hydrogens is 300 g/mol. The summed E-state index contributed by atoms with van der Waals surface area (Å²) >= 11 is 0. The third kappa shape index (κ3) is 4.13. The molecule has 7 nitrogen and oxygen atoms in total. The normalized spacial score (nSPS) is 10.1. The van der Waals surface area contributed by atoms with Crippen LogP contribution >= 0.6 is 0 Å². The molecule has 0 saturated carbocycles. The fraction of sp³-hybridized carbons (Fsp3) is 0.125. The number of nitrogens with one attached hydrogen (secondary N) is 1. The van der Waals surface area contributed by atoms with Crippen molar-refractivity contribution in [3.05, 3.63) is 69.3 Å². The van der Waals surface area contributed by atoms with E-state index in [2.05, 4.69) is 5.32 Å². The second-order valence-electron chi connectivity index (χ2n) is 4.98. The number of anilines is 1. The van der Waals surface area contributed by atoms with Crippen LogP contribution in [0.1, 0.15) is 21.5 Å². The first kappa shape index (κ1) is 16.2. The summed E-state index contributed by atoms with van der Waals surface area (Å²) in [5, 5.41) is 22.2. The van der Waals surface area contributed by atoms with Gasteiger partial charge in [0, 0.05) is 17.8 Å². The van der Waals surface area contributed by atoms with Crippen LogP contribution in [0.25, 0.3) is 0 Å². The predicted octanol–water partition coefficient (Wildman–Crippen LogP) is 2.78. The van der Waals surface area contributed by atoms with Crippen LogP contribution in [0.5, 0.6) is 0 Å². The fourth-order valence-electron chi connectivity index (χ4n) is 2.05. The van der Waals surface area contributed by atoms with E-state index in [1.54, 1.807) is 6.92 Å². The molecule has 0 unspecified atom stereocenters. The topological polar surface area (TPSA) is 110 Å². The van der Waals surface area contributed by atoms with Crippen molar-refractivity contribution in [3.63, 3.8) is 0 Å². The van der Waals surface area contributed by atoms with Gasteiger partial charge in [0.25, 0.3) is 5.69 Å². The van der Waals surface area contributed by atoms with E-state index in [0.29, 0.717) is 16.8 Å². The minimum Gasteiger partial charge on any atom is -0.478 e. The van der Waals surface area contributed by atoms with Gasteiger partial charge in [0.05, 0.1) is 16.9 Å². The summed E-state index contributed by atoms with van der Waals surface area (Å²) in [7, 11) is 0. The molecule has 0 atom stereocenters. The Balaban J connectivity index is 2.04. The van der Waals surface area contributed by atoms with Gasteiger partial charge in [-0.25, -0.2) is 4.79 Å². The molecule has 0 spiro atoms. The van der Waals surface area contributed by atoms with Crippen LogP contribution in [0.15, 0.2) is 42.5 Å². The minimum atomic E-state index is -1.03. The molecule has 2 rings (SSSR count). The van der Waals surface area contributed by atoms with Gasteiger partial charge < -0.3 is 10.4 Å². The Hall–Kier alpha value is -3.22. The highest BCUT2D eigenvalue weighted by atomic mass is 16.6. The number of non-ortho nitro benzene ring substituents is 1. The van der Waals surface area contributed by atoms with Crippen LogP contribution in [0.3, 0.4) is 0 Å². The van der Waals surface area contributed by atoms with Crippen LogP contribution < -0.4 is 5.32 Å². The summed E-state index contributed by atoms with van der Waals surface area (Å²) in [5.74, 6) is -1.32. The van der Waals surface area contributed by atoms with E-state index in [-0.39, 0.29) is 23.6 Å². The number of aromatic carboxylic acids is 1. The van der Waals surface area contributed by atoms with E-state index in [1.165, 1.54) is 42.5 Å². The number of nitro groups is 1. The number of carbonyl (C=O) groups excluding carboxylic acids is 1. The number of carbonyl (C=O) groups is 2. The van der Waals surface area contributed by atoms with E-state index in [4.69, 9.17) is 5.11 Å². The molecule has 118 valence electrons. The van der Waals surface area contributed by atoms with E-state index < -0.39 is 10.9 Å². The maximum atomic E-state index is 12.0. The highest BCUT2D eigenvalue weighted by molar-refractivity contribution is 5.94. The van der Waals surface area contributed by atoms with Gasteiger partial charge >= 0.3 is 5.97 Å². The Labute approximate surface area is 131 Å². The minimum absolute atomic E-state index is 0.0331. The van der Waals surface area contributed by atoms with E-state index in [0.717, 1.165) is 0 Å². The molecule has 0 aliphatic rings. The van der Waals surface area contributed by atoms with Gasteiger partial charge in [-0.3, -0.25) is 14.9 Å². The largest absolute Gasteiger partial charge is 0.478 e. The number of nitrogens with zero attached hydrogens (tertiary/aromatic N) is 1. The van der Waals surface area contributed by atoms with Crippen molar-refractivity contribution < 1.29 is 19.6 Å². The maximum Gasteiger partial charge on any atom is 0.335 e. The van der Waals surface area contributed by atoms with Gasteiger partial charge in [-0.15, -0.1) is 0 Å². The summed E-state index contributed by atoms with van der Waals surface area (Å²) in [6.45, 7) is 1.70. The lowest BCUT2D eigenvalue weighted by Gasteiger charge is -2.09. The molecule has 2 aromatic carbocycles. The number of benzene rings is 2. The maximum absolute atomic E-state index is 12.0. The number of hydrogen-bond acceptors (Lipinski definition) is 4. The zero-order valence-corrected chi connectivity index (χ0v) is 12.3. The lowest BCUT2D eigenvalue weighted by Crippen LogP contribution is -2.15. The first-order valence-corrected chi connectivity index (χ1v) is 6.74. The number of hydrogen-bond donors (Lipinski definition) is 2. The molecule has 2 N–H and O–H groups in total. The van der Waals surface area contributed by atoms with Gasteiger partial charge in [-0.2, -0.15) is 0 Å². The van der Waals surface area contributed by atoms with Crippen molar-refractivity contribution >= 4 is 23.3 Å². The number of aryl methyl sites for hydroxylation is 1. The lowest BCUT2D eigenvalue weighted by atomic mass is 10.1. The molecule has 0 radical (unpaired) electrons. The zero-order valence-electron chi connectivity index (χ0n) is 12.3. The van der Waals surface area contributed by atoms with Gasteiger partial charge in [0.15, 0.2) is 0 Å². The number of carboxylic acid groups (broad SMARTS) is 1. The zero-order chi connectivity index (χ0) is 17.0. The summed E-state index contributed by atoms with van der Waals surface area (Å²) in [5.41, 5.74) is 1.93. The van der Waals surface area contributed by atoms with Gasteiger partial charge in [-0.05, 0) is 36.2 Å². The Morgan fingerprint density at radius 1 is 1.17 bits per heavy atom. The SMILES string of the molecule is Cc1cc(C(=O)O)ccc1NC(=O)Cc1ccc([N+](=O)[O-])cc1. The Kier molecular flexibility index (Phi) is 4.70. The first-order chi connectivity index (χ1) is 10.9. The lowest BCUT2D eigenvalue weighted by molar-refractivity contribution is -0.384. The Bertz CT molecular complexity index is 769. The molecule has 0 saturated heterocycles. The molecule has 0 aliphatic carbocycles. The quantitative estimate of drug-likeness (QED) is 0.651. The molecule has 1 amide bonds. The predicted molar refractivity (Wildman–Crippen MR) is 83.6 cm³/mol. The van der Waals surface area contributed by atoms with Crippen molar-refractivity contribution in [2.24, 2.45) is 0 Å². The van der Waals surface area contributed by atoms with E-state index in [9.17, 15) is 19.7 Å². The highest BCUT2D eigenvalue weighted by Gasteiger charge is 2.10. The average molecular weight is 314 g/mol. The Morgan fingerprint density at radius 3 is 2.35 bits per heavy atom. The van der Waals surface area contributed by atoms with Crippen LogP contribution in [0.2, 0.25) is 0 Å². The molecule has 0 bridgehead atoms. The third-order valence-electron chi connectivity index (χ3n) is 3.26. The van der Waals surface area contributed by atoms with Crippen molar-refractivity contribution in [2.45, 2.75) is 13.3 Å². The second kappa shape index (κ2) is 6.69. The van der Waals surface area contributed by atoms with Crippen LogP contribution in [0, 0.1) is 17.0 Å². The molecule has 0 aromatic heterocycles. The van der Waals surface area contributed by atoms with Crippen molar-refractivity contribution in [2.75, 3.05) is 5.32 Å². The summed E-state index contributed by atoms with van der Waals surface area (Å²) in [4.78, 5) is 32.9. The number of nitro benzene ring substituents is 1. The summed E-state index contributed by atoms with van der Waals surface area (Å²) in [6, 6.07) is 10.2. The van der Waals surface area contributed by atoms with Crippen molar-refractivity contribution in [3.8, 4) is 0 Å². The fourth-order valence-corrected chi connectivity index (χ4v) is 2.05. The van der Waals surface area contributed by atoms with Crippen LogP contribution in [-0.2, 0) is 11.2 Å². The second-order valence-corrected chi connectivity index (χ2v) is 4.98. The van der Waals surface area contributed by atoms with Crippen molar-refractivity contribution in [1.82, 2.24) is 0 Å². The first-order valence-electron chi connectivity index (χ1n) is 6.74. The monoisotopic (exact) mass is 314 g/mol. The van der Waals surface area contributed by atoms with Crippen molar-refractivity contribution in [1.29, 1.82) is 0 Å². The van der Waals surface area contributed by atoms with Gasteiger partial charge in [0.2, 0.25) is 5.91 Å². The van der Waals surface area contributed by atoms with Crippen LogP contribution in [0.4, 0.5) is 11.4 Å². The molecule has 2 aromatic rings. The molecule has 0 fully saturated rings. The van der Waals surface area contributed by atoms with Crippen LogP contribution in [-0.4, -0.2) is 21.9 Å².